The Morgan fingerprint density at radius 3 is 2.37 bits per heavy atom. The highest BCUT2D eigenvalue weighted by Crippen LogP contribution is 2.31. The van der Waals surface area contributed by atoms with E-state index in [9.17, 15) is 26.4 Å². The molecule has 182 valence electrons. The van der Waals surface area contributed by atoms with Crippen LogP contribution in [0.5, 0.6) is 6.01 Å². The first-order valence-corrected chi connectivity index (χ1v) is 12.1. The van der Waals surface area contributed by atoms with Gasteiger partial charge in [0.1, 0.15) is 35.1 Å². The molecule has 0 aliphatic rings. The summed E-state index contributed by atoms with van der Waals surface area (Å²) in [6, 6.07) is 9.09. The molecule has 2 aromatic carbocycles. The molecule has 1 unspecified atom stereocenters. The van der Waals surface area contributed by atoms with E-state index in [0.29, 0.717) is 11.1 Å². The number of fused-ring (bicyclic) bond motifs is 1. The van der Waals surface area contributed by atoms with Gasteiger partial charge in [-0.2, -0.15) is 9.97 Å². The fourth-order valence-corrected chi connectivity index (χ4v) is 3.77. The van der Waals surface area contributed by atoms with Crippen molar-refractivity contribution in [2.75, 3.05) is 12.9 Å². The van der Waals surface area contributed by atoms with Crippen LogP contribution in [-0.2, 0) is 9.84 Å². The number of hydrogen-bond donors (Lipinski definition) is 1. The van der Waals surface area contributed by atoms with Gasteiger partial charge in [-0.15, -0.1) is 0 Å². The van der Waals surface area contributed by atoms with Crippen LogP contribution in [0.4, 0.5) is 13.2 Å². The number of halogens is 3. The maximum Gasteiger partial charge on any atom is 0.319 e. The predicted molar refractivity (Wildman–Crippen MR) is 123 cm³/mol. The number of aromatic nitrogens is 3. The van der Waals surface area contributed by atoms with E-state index in [-0.39, 0.29) is 16.7 Å². The van der Waals surface area contributed by atoms with Crippen molar-refractivity contribution < 1.29 is 26.3 Å². The van der Waals surface area contributed by atoms with E-state index in [1.165, 1.54) is 24.3 Å². The maximum absolute atomic E-state index is 14.7. The van der Waals surface area contributed by atoms with Crippen LogP contribution < -0.4 is 16.0 Å². The van der Waals surface area contributed by atoms with Crippen LogP contribution >= 0.6 is 0 Å². The molecule has 4 rings (SSSR count). The van der Waals surface area contributed by atoms with Gasteiger partial charge < -0.3 is 10.5 Å². The molecule has 35 heavy (non-hydrogen) atoms. The van der Waals surface area contributed by atoms with Crippen LogP contribution in [0.3, 0.4) is 0 Å². The number of nitrogens with two attached hydrogens (primary N) is 1. The third kappa shape index (κ3) is 4.75. The molecular formula is C23H19F3N4O4S. The molecule has 0 radical (unpaired) electrons. The molecule has 0 spiro atoms. The molecule has 0 amide bonds. The summed E-state index contributed by atoms with van der Waals surface area (Å²) in [5.74, 6) is -2.52. The van der Waals surface area contributed by atoms with Gasteiger partial charge in [-0.25, -0.2) is 21.6 Å². The van der Waals surface area contributed by atoms with Gasteiger partial charge >= 0.3 is 6.01 Å². The molecule has 2 aromatic heterocycles. The summed E-state index contributed by atoms with van der Waals surface area (Å²) in [6.45, 7) is 1.09. The largest absolute Gasteiger partial charge is 0.461 e. The number of ether oxygens (including phenoxy) is 1. The molecule has 2 heterocycles. The minimum atomic E-state index is -3.66. The Hall–Kier alpha value is -3.77. The number of benzene rings is 2. The van der Waals surface area contributed by atoms with Crippen LogP contribution in [0.2, 0.25) is 0 Å². The lowest BCUT2D eigenvalue weighted by Gasteiger charge is -2.16. The monoisotopic (exact) mass is 504 g/mol. The minimum absolute atomic E-state index is 0.168. The van der Waals surface area contributed by atoms with Gasteiger partial charge in [0.05, 0.1) is 5.69 Å². The first-order chi connectivity index (χ1) is 16.5. The summed E-state index contributed by atoms with van der Waals surface area (Å²) in [7, 11) is -3.66. The average Bonchev–Trinajstić information content (AvgIpc) is 2.77. The van der Waals surface area contributed by atoms with E-state index in [1.807, 2.05) is 0 Å². The zero-order valence-corrected chi connectivity index (χ0v) is 19.3. The summed E-state index contributed by atoms with van der Waals surface area (Å²) < 4.78 is 72.6. The van der Waals surface area contributed by atoms with Crippen LogP contribution in [0.15, 0.2) is 53.3 Å². The van der Waals surface area contributed by atoms with E-state index < -0.39 is 56.5 Å². The molecule has 0 aliphatic heterocycles. The second kappa shape index (κ2) is 9.12. The number of aryl methyl sites for hydroxylation is 1. The topological polar surface area (TPSA) is 117 Å². The molecular weight excluding hydrogens is 485 g/mol. The Morgan fingerprint density at radius 2 is 1.74 bits per heavy atom. The van der Waals surface area contributed by atoms with Crippen molar-refractivity contribution in [3.63, 3.8) is 0 Å². The smallest absolute Gasteiger partial charge is 0.319 e. The Bertz CT molecular complexity index is 1600. The van der Waals surface area contributed by atoms with Crippen molar-refractivity contribution in [2.45, 2.75) is 12.3 Å². The Morgan fingerprint density at radius 1 is 1.06 bits per heavy atom. The second-order valence-corrected chi connectivity index (χ2v) is 10.1. The molecule has 0 bridgehead atoms. The van der Waals surface area contributed by atoms with Crippen molar-refractivity contribution in [1.29, 1.82) is 0 Å². The third-order valence-electron chi connectivity index (χ3n) is 5.26. The van der Waals surface area contributed by atoms with Gasteiger partial charge in [0.2, 0.25) is 0 Å². The second-order valence-electron chi connectivity index (χ2n) is 7.81. The molecule has 0 saturated carbocycles. The lowest BCUT2D eigenvalue weighted by atomic mass is 10.0. The third-order valence-corrected chi connectivity index (χ3v) is 6.50. The molecule has 0 fully saturated rings. The minimum Gasteiger partial charge on any atom is -0.461 e. The van der Waals surface area contributed by atoms with Gasteiger partial charge in [-0.05, 0) is 48.9 Å². The van der Waals surface area contributed by atoms with Crippen LogP contribution in [0.25, 0.3) is 28.0 Å². The standard InChI is InChI=1S/C23H19F3N4O4S/c1-12-10-13(24)6-7-14(12)20-15-8-9-19(31)30(21-16(25)4-3-5-17(21)26)22(15)29-23(28-20)34-11-18(27)35(2,32)33/h3-10,18H,11,27H2,1-2H3. The van der Waals surface area contributed by atoms with E-state index >= 15 is 0 Å². The quantitative estimate of drug-likeness (QED) is 0.429. The summed E-state index contributed by atoms with van der Waals surface area (Å²) in [5.41, 5.74) is 5.02. The molecule has 4 aromatic rings. The first-order valence-electron chi connectivity index (χ1n) is 10.2. The predicted octanol–water partition coefficient (Wildman–Crippen LogP) is 2.88. The summed E-state index contributed by atoms with van der Waals surface area (Å²) in [4.78, 5) is 21.3. The fourth-order valence-electron chi connectivity index (χ4n) is 3.46. The Balaban J connectivity index is 2.04. The van der Waals surface area contributed by atoms with Gasteiger partial charge in [0.15, 0.2) is 15.5 Å². The molecule has 12 heteroatoms. The zero-order valence-electron chi connectivity index (χ0n) is 18.5. The van der Waals surface area contributed by atoms with Gasteiger partial charge in [-0.1, -0.05) is 6.07 Å². The summed E-state index contributed by atoms with van der Waals surface area (Å²) in [6.07, 6.45) is 0.925. The highest BCUT2D eigenvalue weighted by molar-refractivity contribution is 7.91. The number of rotatable bonds is 6. The Labute approximate surface area is 197 Å². The molecule has 2 N–H and O–H groups in total. The van der Waals surface area contributed by atoms with E-state index in [0.717, 1.165) is 35.1 Å². The van der Waals surface area contributed by atoms with E-state index in [4.69, 9.17) is 10.5 Å². The van der Waals surface area contributed by atoms with Crippen molar-refractivity contribution in [3.8, 4) is 23.0 Å². The average molecular weight is 504 g/mol. The number of para-hydroxylation sites is 1. The van der Waals surface area contributed by atoms with Crippen molar-refractivity contribution in [2.24, 2.45) is 5.73 Å². The number of hydrogen-bond acceptors (Lipinski definition) is 7. The zero-order chi connectivity index (χ0) is 25.5. The van der Waals surface area contributed by atoms with Gasteiger partial charge in [0, 0.05) is 23.3 Å². The number of pyridine rings is 1. The van der Waals surface area contributed by atoms with Crippen LogP contribution in [0.1, 0.15) is 5.56 Å². The lowest BCUT2D eigenvalue weighted by molar-refractivity contribution is 0.291. The molecule has 1 atom stereocenters. The van der Waals surface area contributed by atoms with Crippen LogP contribution in [-0.4, -0.2) is 41.2 Å². The number of nitrogens with zero attached hydrogens (tertiary/aromatic N) is 3. The van der Waals surface area contributed by atoms with E-state index in [1.54, 1.807) is 6.92 Å². The van der Waals surface area contributed by atoms with E-state index in [2.05, 4.69) is 9.97 Å². The van der Waals surface area contributed by atoms with Crippen molar-refractivity contribution in [1.82, 2.24) is 14.5 Å². The van der Waals surface area contributed by atoms with Crippen molar-refractivity contribution in [3.05, 3.63) is 81.9 Å². The SMILES string of the molecule is Cc1cc(F)ccc1-c1nc(OCC(N)S(C)(=O)=O)nc2c1ccc(=O)n2-c1c(F)cccc1F. The summed E-state index contributed by atoms with van der Waals surface area (Å²) in [5, 5.41) is -1.19. The highest BCUT2D eigenvalue weighted by Gasteiger charge is 2.22. The summed E-state index contributed by atoms with van der Waals surface area (Å²) >= 11 is 0. The maximum atomic E-state index is 14.7. The molecule has 0 saturated heterocycles. The molecule has 8 nitrogen and oxygen atoms in total. The lowest BCUT2D eigenvalue weighted by Crippen LogP contribution is -2.35. The fraction of sp³-hybridized carbons (Fsp3) is 0.174. The highest BCUT2D eigenvalue weighted by atomic mass is 32.2. The first kappa shape index (κ1) is 24.4. The van der Waals surface area contributed by atoms with Crippen molar-refractivity contribution >= 4 is 20.9 Å². The normalized spacial score (nSPS) is 12.6. The van der Waals surface area contributed by atoms with Crippen LogP contribution in [0, 0.1) is 24.4 Å². The Kier molecular flexibility index (Phi) is 6.34. The van der Waals surface area contributed by atoms with Gasteiger partial charge in [-0.3, -0.25) is 9.36 Å². The number of sulfone groups is 1. The van der Waals surface area contributed by atoms with Gasteiger partial charge in [0.25, 0.3) is 5.56 Å². The molecule has 0 aliphatic carbocycles.